The monoisotopic (exact) mass is 463 g/mol. The van der Waals surface area contributed by atoms with Crippen LogP contribution in [0.15, 0.2) is 47.4 Å². The highest BCUT2D eigenvalue weighted by atomic mass is 35.5. The van der Waals surface area contributed by atoms with E-state index in [1.165, 1.54) is 10.4 Å². The number of sulfonamides is 1. The number of nitrogens with zero attached hydrogens (tertiary/aromatic N) is 2. The molecule has 1 amide bonds. The molecule has 1 fully saturated rings. The average molecular weight is 464 g/mol. The predicted octanol–water partition coefficient (Wildman–Crippen LogP) is 3.86. The van der Waals surface area contributed by atoms with Crippen molar-refractivity contribution in [1.29, 1.82) is 0 Å². The van der Waals surface area contributed by atoms with Gasteiger partial charge >= 0.3 is 0 Å². The Morgan fingerprint density at radius 3 is 2.45 bits per heavy atom. The summed E-state index contributed by atoms with van der Waals surface area (Å²) in [5.74, 6) is -0.299. The van der Waals surface area contributed by atoms with Crippen molar-refractivity contribution in [1.82, 2.24) is 14.5 Å². The van der Waals surface area contributed by atoms with E-state index in [-0.39, 0.29) is 16.8 Å². The third-order valence-electron chi connectivity index (χ3n) is 5.75. The molecular weight excluding hydrogens is 434 g/mol. The molecule has 8 heteroatoms. The van der Waals surface area contributed by atoms with Crippen LogP contribution in [0.2, 0.25) is 5.02 Å². The second kappa shape index (κ2) is 10.1. The smallest absolute Gasteiger partial charge is 0.251 e. The van der Waals surface area contributed by atoms with Crippen LogP contribution in [0.1, 0.15) is 46.8 Å². The summed E-state index contributed by atoms with van der Waals surface area (Å²) in [5.41, 5.74) is 2.02. The SMILES string of the molecule is Cc1ccc(S(=O)(=O)N2CCCCC2)cc1C(=O)NCC(c1ccccc1Cl)N(C)C. The maximum atomic E-state index is 13.0. The molecular formula is C23H30ClN3O3S. The van der Waals surface area contributed by atoms with Gasteiger partial charge < -0.3 is 10.2 Å². The lowest BCUT2D eigenvalue weighted by Gasteiger charge is -2.27. The summed E-state index contributed by atoms with van der Waals surface area (Å²) >= 11 is 6.35. The van der Waals surface area contributed by atoms with E-state index >= 15 is 0 Å². The van der Waals surface area contributed by atoms with Gasteiger partial charge in [-0.05, 0) is 63.2 Å². The van der Waals surface area contributed by atoms with Crippen LogP contribution in [0.25, 0.3) is 0 Å². The Kier molecular flexibility index (Phi) is 7.75. The van der Waals surface area contributed by atoms with Gasteiger partial charge in [-0.15, -0.1) is 0 Å². The van der Waals surface area contributed by atoms with Crippen molar-refractivity contribution in [2.45, 2.75) is 37.1 Å². The number of piperidine rings is 1. The van der Waals surface area contributed by atoms with Crippen molar-refractivity contribution in [2.75, 3.05) is 33.7 Å². The minimum atomic E-state index is -3.60. The van der Waals surface area contributed by atoms with Gasteiger partial charge in [-0.25, -0.2) is 8.42 Å². The molecule has 0 radical (unpaired) electrons. The van der Waals surface area contributed by atoms with E-state index in [4.69, 9.17) is 11.6 Å². The van der Waals surface area contributed by atoms with Crippen LogP contribution in [0.4, 0.5) is 0 Å². The number of likely N-dealkylation sites (N-methyl/N-ethyl adjacent to an activating group) is 1. The normalized spacial score (nSPS) is 16.3. The molecule has 1 aliphatic rings. The number of hydrogen-bond donors (Lipinski definition) is 1. The number of nitrogens with one attached hydrogen (secondary N) is 1. The first kappa shape index (κ1) is 23.7. The zero-order chi connectivity index (χ0) is 22.6. The maximum absolute atomic E-state index is 13.0. The third-order valence-corrected chi connectivity index (χ3v) is 7.99. The Bertz CT molecular complexity index is 1030. The second-order valence-electron chi connectivity index (χ2n) is 8.15. The van der Waals surface area contributed by atoms with Gasteiger partial charge in [0.15, 0.2) is 0 Å². The van der Waals surface area contributed by atoms with E-state index in [1.54, 1.807) is 12.1 Å². The van der Waals surface area contributed by atoms with Crippen molar-refractivity contribution in [3.8, 4) is 0 Å². The zero-order valence-electron chi connectivity index (χ0n) is 18.3. The molecule has 2 aromatic rings. The molecule has 0 bridgehead atoms. The number of benzene rings is 2. The van der Waals surface area contributed by atoms with Gasteiger partial charge in [0.2, 0.25) is 10.0 Å². The molecule has 1 unspecified atom stereocenters. The number of halogens is 1. The van der Waals surface area contributed by atoms with E-state index in [9.17, 15) is 13.2 Å². The van der Waals surface area contributed by atoms with E-state index in [0.29, 0.717) is 30.2 Å². The number of carbonyl (C=O) groups excluding carboxylic acids is 1. The second-order valence-corrected chi connectivity index (χ2v) is 10.5. The van der Waals surface area contributed by atoms with Crippen molar-refractivity contribution in [3.63, 3.8) is 0 Å². The first-order valence-electron chi connectivity index (χ1n) is 10.5. The summed E-state index contributed by atoms with van der Waals surface area (Å²) < 4.78 is 27.6. The van der Waals surface area contributed by atoms with E-state index in [0.717, 1.165) is 30.4 Å². The van der Waals surface area contributed by atoms with Gasteiger partial charge in [-0.3, -0.25) is 4.79 Å². The molecule has 1 atom stereocenters. The van der Waals surface area contributed by atoms with Crippen LogP contribution in [0.3, 0.4) is 0 Å². The molecule has 0 spiro atoms. The molecule has 0 aromatic heterocycles. The molecule has 6 nitrogen and oxygen atoms in total. The van der Waals surface area contributed by atoms with Crippen LogP contribution in [0.5, 0.6) is 0 Å². The summed E-state index contributed by atoms with van der Waals surface area (Å²) in [6, 6.07) is 12.2. The Labute approximate surface area is 190 Å². The van der Waals surface area contributed by atoms with Gasteiger partial charge in [0, 0.05) is 30.2 Å². The molecule has 31 heavy (non-hydrogen) atoms. The lowest BCUT2D eigenvalue weighted by molar-refractivity contribution is 0.0941. The standard InChI is InChI=1S/C23H30ClN3O3S/c1-17-11-12-18(31(29,30)27-13-7-4-8-14-27)15-20(17)23(28)25-16-22(26(2)3)19-9-5-6-10-21(19)24/h5-6,9-12,15,22H,4,7-8,13-14,16H2,1-3H3,(H,25,28). The number of rotatable bonds is 7. The molecule has 3 rings (SSSR count). The fourth-order valence-corrected chi connectivity index (χ4v) is 5.67. The molecule has 1 heterocycles. The van der Waals surface area contributed by atoms with Crippen LogP contribution in [-0.4, -0.2) is 57.3 Å². The predicted molar refractivity (Wildman–Crippen MR) is 124 cm³/mol. The lowest BCUT2D eigenvalue weighted by Crippen LogP contribution is -2.36. The summed E-state index contributed by atoms with van der Waals surface area (Å²) in [7, 11) is 0.255. The van der Waals surface area contributed by atoms with Crippen LogP contribution in [0, 0.1) is 6.92 Å². The highest BCUT2D eigenvalue weighted by Crippen LogP contribution is 2.26. The number of aryl methyl sites for hydroxylation is 1. The largest absolute Gasteiger partial charge is 0.350 e. The Morgan fingerprint density at radius 2 is 1.81 bits per heavy atom. The minimum Gasteiger partial charge on any atom is -0.350 e. The summed E-state index contributed by atoms with van der Waals surface area (Å²) in [6.07, 6.45) is 2.78. The minimum absolute atomic E-state index is 0.113. The van der Waals surface area contributed by atoms with Crippen molar-refractivity contribution in [3.05, 3.63) is 64.2 Å². The molecule has 1 saturated heterocycles. The van der Waals surface area contributed by atoms with Gasteiger partial charge in [0.25, 0.3) is 5.91 Å². The molecule has 1 N–H and O–H groups in total. The van der Waals surface area contributed by atoms with Crippen LogP contribution >= 0.6 is 11.6 Å². The maximum Gasteiger partial charge on any atom is 0.251 e. The van der Waals surface area contributed by atoms with Crippen molar-refractivity contribution in [2.24, 2.45) is 0 Å². The van der Waals surface area contributed by atoms with Crippen LogP contribution in [-0.2, 0) is 10.0 Å². The van der Waals surface area contributed by atoms with Gasteiger partial charge in [0.1, 0.15) is 0 Å². The van der Waals surface area contributed by atoms with Crippen molar-refractivity contribution >= 4 is 27.5 Å². The quantitative estimate of drug-likeness (QED) is 0.677. The number of carbonyl (C=O) groups is 1. The number of hydrogen-bond acceptors (Lipinski definition) is 4. The Hall–Kier alpha value is -1.93. The topological polar surface area (TPSA) is 69.7 Å². The summed E-state index contributed by atoms with van der Waals surface area (Å²) in [5, 5.41) is 3.60. The molecule has 0 saturated carbocycles. The summed E-state index contributed by atoms with van der Waals surface area (Å²) in [6.45, 7) is 3.21. The average Bonchev–Trinajstić information content (AvgIpc) is 2.75. The molecule has 2 aromatic carbocycles. The highest BCUT2D eigenvalue weighted by molar-refractivity contribution is 7.89. The van der Waals surface area contributed by atoms with Gasteiger partial charge in [0.05, 0.1) is 10.9 Å². The number of amides is 1. The van der Waals surface area contributed by atoms with Gasteiger partial charge in [-0.1, -0.05) is 42.3 Å². The highest BCUT2D eigenvalue weighted by Gasteiger charge is 2.27. The molecule has 0 aliphatic carbocycles. The first-order chi connectivity index (χ1) is 14.7. The van der Waals surface area contributed by atoms with Crippen LogP contribution < -0.4 is 5.32 Å². The first-order valence-corrected chi connectivity index (χ1v) is 12.3. The Balaban J connectivity index is 1.80. The fraction of sp³-hybridized carbons (Fsp3) is 0.435. The van der Waals surface area contributed by atoms with Gasteiger partial charge in [-0.2, -0.15) is 4.31 Å². The fourth-order valence-electron chi connectivity index (χ4n) is 3.86. The third kappa shape index (κ3) is 5.47. The Morgan fingerprint density at radius 1 is 1.13 bits per heavy atom. The zero-order valence-corrected chi connectivity index (χ0v) is 19.8. The lowest BCUT2D eigenvalue weighted by atomic mass is 10.0. The van der Waals surface area contributed by atoms with E-state index in [1.807, 2.05) is 50.2 Å². The van der Waals surface area contributed by atoms with E-state index < -0.39 is 10.0 Å². The van der Waals surface area contributed by atoms with Crippen molar-refractivity contribution < 1.29 is 13.2 Å². The van der Waals surface area contributed by atoms with E-state index in [2.05, 4.69) is 5.32 Å². The summed E-state index contributed by atoms with van der Waals surface area (Å²) in [4.78, 5) is 15.2. The molecule has 168 valence electrons. The molecule has 1 aliphatic heterocycles.